The molecule has 1 unspecified atom stereocenters. The molecule has 0 spiro atoms. The highest BCUT2D eigenvalue weighted by molar-refractivity contribution is 6.31. The highest BCUT2D eigenvalue weighted by Gasteiger charge is 2.23. The number of benzene rings is 2. The first kappa shape index (κ1) is 23.6. The van der Waals surface area contributed by atoms with E-state index in [2.05, 4.69) is 15.4 Å². The number of nitrogens with zero attached hydrogens (tertiary/aromatic N) is 4. The van der Waals surface area contributed by atoms with E-state index in [9.17, 15) is 4.79 Å². The molecule has 1 atom stereocenters. The predicted octanol–water partition coefficient (Wildman–Crippen LogP) is 4.64. The molecule has 4 rings (SSSR count). The van der Waals surface area contributed by atoms with Gasteiger partial charge in [-0.2, -0.15) is 5.10 Å². The number of ether oxygens (including phenoxy) is 1. The van der Waals surface area contributed by atoms with Gasteiger partial charge in [0.2, 0.25) is 5.91 Å². The lowest BCUT2D eigenvalue weighted by atomic mass is 10.0. The fourth-order valence-corrected chi connectivity index (χ4v) is 4.22. The molecule has 0 radical (unpaired) electrons. The molecule has 176 valence electrons. The number of aryl methyl sites for hydroxylation is 3. The third-order valence-corrected chi connectivity index (χ3v) is 6.43. The van der Waals surface area contributed by atoms with Crippen molar-refractivity contribution in [3.05, 3.63) is 93.8 Å². The van der Waals surface area contributed by atoms with E-state index in [0.29, 0.717) is 5.02 Å². The topological polar surface area (TPSA) is 74.0 Å². The zero-order valence-electron chi connectivity index (χ0n) is 20.0. The number of hydrogen-bond donors (Lipinski definition) is 1. The van der Waals surface area contributed by atoms with Crippen LogP contribution in [0.15, 0.2) is 54.9 Å². The SMILES string of the molecule is COc1cccc(C(NC(=O)Cc2c(C)nn(-c3ccc(C)c(Cl)c3)c2C)c2nccn2C)c1. The molecule has 2 aromatic heterocycles. The number of aromatic nitrogens is 4. The summed E-state index contributed by atoms with van der Waals surface area (Å²) < 4.78 is 9.12. The van der Waals surface area contributed by atoms with E-state index in [-0.39, 0.29) is 12.3 Å². The molecular formula is C26H28ClN5O2. The molecular weight excluding hydrogens is 450 g/mol. The van der Waals surface area contributed by atoms with E-state index in [1.165, 1.54) is 0 Å². The first-order valence-electron chi connectivity index (χ1n) is 11.0. The van der Waals surface area contributed by atoms with E-state index >= 15 is 0 Å². The van der Waals surface area contributed by atoms with E-state index in [1.807, 2.05) is 85.7 Å². The van der Waals surface area contributed by atoms with E-state index in [0.717, 1.165) is 45.3 Å². The number of imidazole rings is 1. The van der Waals surface area contributed by atoms with Crippen LogP contribution >= 0.6 is 11.6 Å². The molecule has 0 aliphatic carbocycles. The zero-order valence-corrected chi connectivity index (χ0v) is 20.7. The number of amides is 1. The second kappa shape index (κ2) is 9.73. The van der Waals surface area contributed by atoms with E-state index in [4.69, 9.17) is 16.3 Å². The number of carbonyl (C=O) groups excluding carboxylic acids is 1. The minimum atomic E-state index is -0.422. The first-order chi connectivity index (χ1) is 16.3. The van der Waals surface area contributed by atoms with Crippen molar-refractivity contribution in [2.45, 2.75) is 33.2 Å². The lowest BCUT2D eigenvalue weighted by molar-refractivity contribution is -0.121. The van der Waals surface area contributed by atoms with Crippen LogP contribution in [0.4, 0.5) is 0 Å². The number of rotatable bonds is 7. The minimum absolute atomic E-state index is 0.122. The molecule has 1 amide bonds. The van der Waals surface area contributed by atoms with Gasteiger partial charge >= 0.3 is 0 Å². The average molecular weight is 478 g/mol. The van der Waals surface area contributed by atoms with Crippen molar-refractivity contribution in [3.8, 4) is 11.4 Å². The van der Waals surface area contributed by atoms with Crippen molar-refractivity contribution >= 4 is 17.5 Å². The lowest BCUT2D eigenvalue weighted by Crippen LogP contribution is -2.32. The molecule has 34 heavy (non-hydrogen) atoms. The summed E-state index contributed by atoms with van der Waals surface area (Å²) >= 11 is 6.32. The van der Waals surface area contributed by atoms with Crippen LogP contribution in [0.1, 0.15) is 39.9 Å². The molecule has 0 saturated carbocycles. The zero-order chi connectivity index (χ0) is 24.4. The van der Waals surface area contributed by atoms with Gasteiger partial charge < -0.3 is 14.6 Å². The Morgan fingerprint density at radius 1 is 1.18 bits per heavy atom. The van der Waals surface area contributed by atoms with Crippen molar-refractivity contribution in [3.63, 3.8) is 0 Å². The van der Waals surface area contributed by atoms with Crippen molar-refractivity contribution in [1.82, 2.24) is 24.6 Å². The van der Waals surface area contributed by atoms with Crippen molar-refractivity contribution < 1.29 is 9.53 Å². The molecule has 0 fully saturated rings. The maximum atomic E-state index is 13.3. The Morgan fingerprint density at radius 3 is 2.65 bits per heavy atom. The Hall–Kier alpha value is -3.58. The summed E-state index contributed by atoms with van der Waals surface area (Å²) in [4.78, 5) is 17.7. The average Bonchev–Trinajstić information content (AvgIpc) is 3.37. The number of methoxy groups -OCH3 is 1. The highest BCUT2D eigenvalue weighted by atomic mass is 35.5. The molecule has 2 heterocycles. The number of hydrogen-bond acceptors (Lipinski definition) is 4. The molecule has 4 aromatic rings. The van der Waals surface area contributed by atoms with Crippen LogP contribution in [-0.4, -0.2) is 32.3 Å². The monoisotopic (exact) mass is 477 g/mol. The van der Waals surface area contributed by atoms with Crippen LogP contribution in [0.25, 0.3) is 5.69 Å². The van der Waals surface area contributed by atoms with Crippen LogP contribution in [0.3, 0.4) is 0 Å². The molecule has 0 aliphatic rings. The van der Waals surface area contributed by atoms with Gasteiger partial charge in [0, 0.05) is 35.7 Å². The third kappa shape index (κ3) is 4.70. The summed E-state index contributed by atoms with van der Waals surface area (Å²) in [5.74, 6) is 1.33. The maximum absolute atomic E-state index is 13.3. The number of carbonyl (C=O) groups is 1. The Bertz CT molecular complexity index is 1340. The lowest BCUT2D eigenvalue weighted by Gasteiger charge is -2.20. The van der Waals surface area contributed by atoms with Gasteiger partial charge in [-0.25, -0.2) is 9.67 Å². The van der Waals surface area contributed by atoms with Crippen molar-refractivity contribution in [1.29, 1.82) is 0 Å². The van der Waals surface area contributed by atoms with Gasteiger partial charge in [-0.05, 0) is 56.2 Å². The summed E-state index contributed by atoms with van der Waals surface area (Å²) in [6.07, 6.45) is 3.78. The second-order valence-corrected chi connectivity index (χ2v) is 8.75. The standard InChI is InChI=1S/C26H28ClN5O2/c1-16-9-10-20(14-23(16)27)32-18(3)22(17(2)30-32)15-24(33)29-25(26-28-11-12-31(26)4)19-7-6-8-21(13-19)34-5/h6-14,25H,15H2,1-5H3,(H,29,33). The minimum Gasteiger partial charge on any atom is -0.497 e. The van der Waals surface area contributed by atoms with Crippen molar-refractivity contribution in [2.75, 3.05) is 7.11 Å². The molecule has 0 bridgehead atoms. The maximum Gasteiger partial charge on any atom is 0.225 e. The van der Waals surface area contributed by atoms with Gasteiger partial charge in [-0.1, -0.05) is 29.8 Å². The third-order valence-electron chi connectivity index (χ3n) is 6.03. The van der Waals surface area contributed by atoms with Crippen LogP contribution in [0, 0.1) is 20.8 Å². The van der Waals surface area contributed by atoms with Gasteiger partial charge in [0.15, 0.2) is 0 Å². The molecule has 2 aromatic carbocycles. The van der Waals surface area contributed by atoms with Gasteiger partial charge in [-0.15, -0.1) is 0 Å². The molecule has 8 heteroatoms. The van der Waals surface area contributed by atoms with Crippen LogP contribution in [0.5, 0.6) is 5.75 Å². The van der Waals surface area contributed by atoms with Gasteiger partial charge in [0.05, 0.1) is 24.9 Å². The van der Waals surface area contributed by atoms with Gasteiger partial charge in [0.1, 0.15) is 17.6 Å². The summed E-state index contributed by atoms with van der Waals surface area (Å²) in [6, 6.07) is 13.1. The molecule has 1 N–H and O–H groups in total. The van der Waals surface area contributed by atoms with Crippen LogP contribution < -0.4 is 10.1 Å². The largest absolute Gasteiger partial charge is 0.497 e. The van der Waals surface area contributed by atoms with E-state index < -0.39 is 6.04 Å². The summed E-state index contributed by atoms with van der Waals surface area (Å²) in [6.45, 7) is 5.85. The Morgan fingerprint density at radius 2 is 1.97 bits per heavy atom. The highest BCUT2D eigenvalue weighted by Crippen LogP contribution is 2.26. The summed E-state index contributed by atoms with van der Waals surface area (Å²) in [5.41, 5.74) is 5.36. The van der Waals surface area contributed by atoms with Crippen molar-refractivity contribution in [2.24, 2.45) is 7.05 Å². The van der Waals surface area contributed by atoms with Gasteiger partial charge in [-0.3, -0.25) is 4.79 Å². The predicted molar refractivity (Wildman–Crippen MR) is 133 cm³/mol. The quantitative estimate of drug-likeness (QED) is 0.420. The van der Waals surface area contributed by atoms with Crippen LogP contribution in [-0.2, 0) is 18.3 Å². The first-order valence-corrected chi connectivity index (χ1v) is 11.4. The second-order valence-electron chi connectivity index (χ2n) is 8.34. The Kier molecular flexibility index (Phi) is 6.75. The number of nitrogens with one attached hydrogen (secondary N) is 1. The summed E-state index contributed by atoms with van der Waals surface area (Å²) in [7, 11) is 3.53. The fraction of sp³-hybridized carbons (Fsp3) is 0.269. The normalized spacial score (nSPS) is 11.9. The Labute approximate surface area is 204 Å². The number of halogens is 1. The van der Waals surface area contributed by atoms with Crippen LogP contribution in [0.2, 0.25) is 5.02 Å². The molecule has 7 nitrogen and oxygen atoms in total. The fourth-order valence-electron chi connectivity index (χ4n) is 4.04. The molecule has 0 saturated heterocycles. The molecule has 0 aliphatic heterocycles. The summed E-state index contributed by atoms with van der Waals surface area (Å²) in [5, 5.41) is 8.51. The Balaban J connectivity index is 1.62. The van der Waals surface area contributed by atoms with Gasteiger partial charge in [0.25, 0.3) is 0 Å². The van der Waals surface area contributed by atoms with E-state index in [1.54, 1.807) is 13.3 Å². The smallest absolute Gasteiger partial charge is 0.225 e.